The molecule has 1 aliphatic carbocycles. The first-order chi connectivity index (χ1) is 11.5. The number of hydrogen-bond donors (Lipinski definition) is 2. The number of rotatable bonds is 5. The molecule has 7 heteroatoms. The average molecular weight is 462 g/mol. The molecule has 0 bridgehead atoms. The molecule has 1 fully saturated rings. The summed E-state index contributed by atoms with van der Waals surface area (Å²) in [6, 6.07) is 6.46. The van der Waals surface area contributed by atoms with E-state index in [4.69, 9.17) is 0 Å². The van der Waals surface area contributed by atoms with Crippen LogP contribution in [0.3, 0.4) is 0 Å². The summed E-state index contributed by atoms with van der Waals surface area (Å²) in [5.41, 5.74) is 0.498. The number of nitrogens with one attached hydrogen (secondary N) is 2. The molecular weight excluding hydrogens is 434 g/mol. The first kappa shape index (κ1) is 21.7. The summed E-state index contributed by atoms with van der Waals surface area (Å²) in [4.78, 5) is 18.4. The molecule has 1 aliphatic rings. The van der Waals surface area contributed by atoms with Crippen LogP contribution >= 0.6 is 24.0 Å². The molecule has 1 aromatic rings. The summed E-state index contributed by atoms with van der Waals surface area (Å²) in [5, 5.41) is 6.44. The molecule has 2 N–H and O–H groups in total. The van der Waals surface area contributed by atoms with Crippen molar-refractivity contribution in [3.63, 3.8) is 0 Å². The molecular formula is C18H28FIN4O. The molecule has 1 amide bonds. The van der Waals surface area contributed by atoms with Crippen LogP contribution in [0.4, 0.5) is 4.39 Å². The molecule has 1 aromatic carbocycles. The van der Waals surface area contributed by atoms with Crippen molar-refractivity contribution in [3.8, 4) is 0 Å². The molecule has 0 unspecified atom stereocenters. The molecule has 140 valence electrons. The number of guanidine groups is 1. The molecule has 0 radical (unpaired) electrons. The van der Waals surface area contributed by atoms with Gasteiger partial charge in [0.1, 0.15) is 5.82 Å². The van der Waals surface area contributed by atoms with Crippen molar-refractivity contribution in [2.75, 3.05) is 27.7 Å². The van der Waals surface area contributed by atoms with E-state index in [2.05, 4.69) is 15.6 Å². The number of carbonyl (C=O) groups excluding carboxylic acids is 1. The Kier molecular flexibility index (Phi) is 8.61. The molecule has 25 heavy (non-hydrogen) atoms. The predicted octanol–water partition coefficient (Wildman–Crippen LogP) is 2.76. The van der Waals surface area contributed by atoms with Crippen molar-refractivity contribution >= 4 is 35.8 Å². The number of aliphatic imine (C=N–C) groups is 1. The predicted molar refractivity (Wildman–Crippen MR) is 110 cm³/mol. The number of amides is 1. The largest absolute Gasteiger partial charge is 0.355 e. The van der Waals surface area contributed by atoms with Crippen LogP contribution in [-0.4, -0.2) is 44.5 Å². The quantitative estimate of drug-likeness (QED) is 0.402. The van der Waals surface area contributed by atoms with E-state index in [1.807, 2.05) is 6.07 Å². The Balaban J connectivity index is 0.00000312. The van der Waals surface area contributed by atoms with Crippen molar-refractivity contribution in [3.05, 3.63) is 35.6 Å². The van der Waals surface area contributed by atoms with E-state index in [1.54, 1.807) is 32.1 Å². The maximum Gasteiger partial charge on any atom is 0.230 e. The van der Waals surface area contributed by atoms with Crippen LogP contribution in [0, 0.1) is 11.2 Å². The molecule has 0 atom stereocenters. The Labute approximate surface area is 166 Å². The highest BCUT2D eigenvalue weighted by Gasteiger charge is 2.42. The minimum Gasteiger partial charge on any atom is -0.355 e. The summed E-state index contributed by atoms with van der Waals surface area (Å²) < 4.78 is 13.2. The van der Waals surface area contributed by atoms with Crippen LogP contribution in [-0.2, 0) is 11.3 Å². The summed E-state index contributed by atoms with van der Waals surface area (Å²) in [6.45, 7) is 1.04. The average Bonchev–Trinajstić information content (AvgIpc) is 3.04. The van der Waals surface area contributed by atoms with E-state index >= 15 is 0 Å². The molecule has 2 rings (SSSR count). The smallest absolute Gasteiger partial charge is 0.230 e. The normalized spacial score (nSPS) is 16.1. The first-order valence-corrected chi connectivity index (χ1v) is 8.37. The Morgan fingerprint density at radius 2 is 1.96 bits per heavy atom. The van der Waals surface area contributed by atoms with Crippen molar-refractivity contribution in [1.82, 2.24) is 15.5 Å². The Morgan fingerprint density at radius 3 is 2.52 bits per heavy atom. The highest BCUT2D eigenvalue weighted by molar-refractivity contribution is 14.0. The standard InChI is InChI=1S/C18H27FN4O.HI/c1-20-17(21-12-14-7-6-8-15(19)11-14)22-13-18(9-4-5-10-18)16(24)23(2)3;/h6-8,11H,4-5,9-10,12-13H2,1-3H3,(H2,20,21,22);1H. The van der Waals surface area contributed by atoms with Gasteiger partial charge in [-0.2, -0.15) is 0 Å². The summed E-state index contributed by atoms with van der Waals surface area (Å²) in [6.07, 6.45) is 3.96. The molecule has 0 aromatic heterocycles. The van der Waals surface area contributed by atoms with Crippen molar-refractivity contribution in [2.45, 2.75) is 32.2 Å². The fourth-order valence-electron chi connectivity index (χ4n) is 3.30. The summed E-state index contributed by atoms with van der Waals surface area (Å²) in [5.74, 6) is 0.545. The second-order valence-corrected chi connectivity index (χ2v) is 6.60. The molecule has 5 nitrogen and oxygen atoms in total. The van der Waals surface area contributed by atoms with Gasteiger partial charge in [-0.3, -0.25) is 9.79 Å². The minimum atomic E-state index is -0.347. The molecule has 0 heterocycles. The number of carbonyl (C=O) groups is 1. The van der Waals surface area contributed by atoms with Crippen LogP contribution in [0.25, 0.3) is 0 Å². The fraction of sp³-hybridized carbons (Fsp3) is 0.556. The maximum absolute atomic E-state index is 13.2. The van der Waals surface area contributed by atoms with Gasteiger partial charge in [-0.15, -0.1) is 24.0 Å². The van der Waals surface area contributed by atoms with Crippen LogP contribution in [0.15, 0.2) is 29.3 Å². The van der Waals surface area contributed by atoms with Crippen molar-refractivity contribution in [2.24, 2.45) is 10.4 Å². The monoisotopic (exact) mass is 462 g/mol. The molecule has 0 spiro atoms. The molecule has 0 aliphatic heterocycles. The zero-order chi connectivity index (χ0) is 17.6. The summed E-state index contributed by atoms with van der Waals surface area (Å²) >= 11 is 0. The van der Waals surface area contributed by atoms with Gasteiger partial charge in [0.2, 0.25) is 5.91 Å². The van der Waals surface area contributed by atoms with E-state index in [0.29, 0.717) is 19.0 Å². The minimum absolute atomic E-state index is 0. The highest BCUT2D eigenvalue weighted by Crippen LogP contribution is 2.38. The third-order valence-electron chi connectivity index (χ3n) is 4.59. The highest BCUT2D eigenvalue weighted by atomic mass is 127. The zero-order valence-corrected chi connectivity index (χ0v) is 17.5. The van der Waals surface area contributed by atoms with Gasteiger partial charge in [0, 0.05) is 34.2 Å². The zero-order valence-electron chi connectivity index (χ0n) is 15.1. The van der Waals surface area contributed by atoms with Gasteiger partial charge in [0.15, 0.2) is 5.96 Å². The number of halogens is 2. The van der Waals surface area contributed by atoms with Gasteiger partial charge in [-0.05, 0) is 30.5 Å². The van der Waals surface area contributed by atoms with E-state index in [9.17, 15) is 9.18 Å². The topological polar surface area (TPSA) is 56.7 Å². The van der Waals surface area contributed by atoms with E-state index < -0.39 is 0 Å². The number of benzene rings is 1. The van der Waals surface area contributed by atoms with Gasteiger partial charge in [0.25, 0.3) is 0 Å². The van der Waals surface area contributed by atoms with Gasteiger partial charge >= 0.3 is 0 Å². The van der Waals surface area contributed by atoms with Crippen molar-refractivity contribution in [1.29, 1.82) is 0 Å². The number of nitrogens with zero attached hydrogens (tertiary/aromatic N) is 2. The first-order valence-electron chi connectivity index (χ1n) is 8.37. The van der Waals surface area contributed by atoms with Crippen LogP contribution in [0.1, 0.15) is 31.2 Å². The van der Waals surface area contributed by atoms with Gasteiger partial charge in [-0.25, -0.2) is 4.39 Å². The Hall–Kier alpha value is -1.38. The fourth-order valence-corrected chi connectivity index (χ4v) is 3.30. The van der Waals surface area contributed by atoms with Gasteiger partial charge < -0.3 is 15.5 Å². The summed E-state index contributed by atoms with van der Waals surface area (Å²) in [7, 11) is 5.30. The van der Waals surface area contributed by atoms with Crippen LogP contribution in [0.5, 0.6) is 0 Å². The van der Waals surface area contributed by atoms with E-state index in [1.165, 1.54) is 12.1 Å². The molecule has 0 saturated heterocycles. The van der Waals surface area contributed by atoms with E-state index in [0.717, 1.165) is 31.2 Å². The van der Waals surface area contributed by atoms with Gasteiger partial charge in [0.05, 0.1) is 5.41 Å². The Morgan fingerprint density at radius 1 is 1.28 bits per heavy atom. The molecule has 1 saturated carbocycles. The van der Waals surface area contributed by atoms with Crippen LogP contribution < -0.4 is 10.6 Å². The maximum atomic E-state index is 13.2. The third kappa shape index (κ3) is 5.83. The van der Waals surface area contributed by atoms with Crippen LogP contribution in [0.2, 0.25) is 0 Å². The second kappa shape index (κ2) is 9.94. The second-order valence-electron chi connectivity index (χ2n) is 6.60. The SMILES string of the molecule is CN=C(NCc1cccc(F)c1)NCC1(C(=O)N(C)C)CCCC1.I. The lowest BCUT2D eigenvalue weighted by atomic mass is 9.84. The van der Waals surface area contributed by atoms with Crippen molar-refractivity contribution < 1.29 is 9.18 Å². The third-order valence-corrected chi connectivity index (χ3v) is 4.59. The lowest BCUT2D eigenvalue weighted by molar-refractivity contribution is -0.138. The lowest BCUT2D eigenvalue weighted by Gasteiger charge is -2.31. The Bertz CT molecular complexity index is 600. The van der Waals surface area contributed by atoms with E-state index in [-0.39, 0.29) is 41.1 Å². The van der Waals surface area contributed by atoms with Gasteiger partial charge in [-0.1, -0.05) is 25.0 Å². The lowest BCUT2D eigenvalue weighted by Crippen LogP contribution is -2.49. The number of hydrogen-bond acceptors (Lipinski definition) is 2.